The minimum absolute atomic E-state index is 0.0686. The molecule has 2 amide bonds. The molecule has 0 bridgehead atoms. The van der Waals surface area contributed by atoms with Crippen LogP contribution in [-0.4, -0.2) is 18.4 Å². The van der Waals surface area contributed by atoms with Crippen LogP contribution in [0.1, 0.15) is 52.2 Å². The Hall–Kier alpha value is -2.18. The van der Waals surface area contributed by atoms with E-state index in [4.69, 9.17) is 5.73 Å². The predicted molar refractivity (Wildman–Crippen MR) is 101 cm³/mol. The van der Waals surface area contributed by atoms with Gasteiger partial charge in [-0.25, -0.2) is 0 Å². The van der Waals surface area contributed by atoms with Gasteiger partial charge in [0.25, 0.3) is 5.91 Å². The van der Waals surface area contributed by atoms with E-state index < -0.39 is 5.91 Å². The van der Waals surface area contributed by atoms with Crippen molar-refractivity contribution in [3.8, 4) is 0 Å². The first-order valence-corrected chi connectivity index (χ1v) is 9.40. The van der Waals surface area contributed by atoms with E-state index in [1.165, 1.54) is 16.2 Å². The first-order valence-electron chi connectivity index (χ1n) is 8.58. The van der Waals surface area contributed by atoms with Crippen LogP contribution >= 0.6 is 11.3 Å². The molecule has 1 heterocycles. The first-order chi connectivity index (χ1) is 12.1. The number of amides is 2. The summed E-state index contributed by atoms with van der Waals surface area (Å²) in [6, 6.07) is 10.0. The second-order valence-corrected chi connectivity index (χ2v) is 7.45. The summed E-state index contributed by atoms with van der Waals surface area (Å²) in [5, 5.41) is 6.67. The maximum atomic E-state index is 12.3. The van der Waals surface area contributed by atoms with Crippen LogP contribution in [0.5, 0.6) is 0 Å². The fourth-order valence-corrected chi connectivity index (χ4v) is 4.50. The average Bonchev–Trinajstić information content (AvgIpc) is 2.98. The molecule has 1 aliphatic rings. The number of primary amides is 1. The summed E-state index contributed by atoms with van der Waals surface area (Å²) in [5.41, 5.74) is 8.22. The summed E-state index contributed by atoms with van der Waals surface area (Å²) in [6.07, 6.45) is 4.01. The summed E-state index contributed by atoms with van der Waals surface area (Å²) < 4.78 is 0. The van der Waals surface area contributed by atoms with Gasteiger partial charge in [0, 0.05) is 10.9 Å². The highest BCUT2D eigenvalue weighted by molar-refractivity contribution is 7.17. The van der Waals surface area contributed by atoms with Gasteiger partial charge in [0.15, 0.2) is 0 Å². The van der Waals surface area contributed by atoms with Gasteiger partial charge in [0.05, 0.1) is 12.1 Å². The van der Waals surface area contributed by atoms with Crippen molar-refractivity contribution in [1.29, 1.82) is 0 Å². The lowest BCUT2D eigenvalue weighted by Crippen LogP contribution is -2.30. The molecule has 0 aliphatic heterocycles. The topological polar surface area (TPSA) is 84.2 Å². The molecule has 0 spiro atoms. The molecule has 25 heavy (non-hydrogen) atoms. The molecular weight excluding hydrogens is 334 g/mol. The van der Waals surface area contributed by atoms with Crippen molar-refractivity contribution in [3.63, 3.8) is 0 Å². The van der Waals surface area contributed by atoms with Crippen molar-refractivity contribution in [2.24, 2.45) is 5.73 Å². The zero-order valence-corrected chi connectivity index (χ0v) is 15.1. The normalized spacial score (nSPS) is 14.6. The third-order valence-electron chi connectivity index (χ3n) is 4.54. The van der Waals surface area contributed by atoms with E-state index in [9.17, 15) is 9.59 Å². The average molecular weight is 357 g/mol. The van der Waals surface area contributed by atoms with E-state index in [1.807, 2.05) is 37.3 Å². The summed E-state index contributed by atoms with van der Waals surface area (Å²) in [5.74, 6) is -0.621. The molecule has 2 aromatic rings. The van der Waals surface area contributed by atoms with Crippen LogP contribution in [-0.2, 0) is 17.6 Å². The van der Waals surface area contributed by atoms with E-state index in [1.54, 1.807) is 0 Å². The number of fused-ring (bicyclic) bond motifs is 1. The molecule has 132 valence electrons. The van der Waals surface area contributed by atoms with Gasteiger partial charge in [-0.1, -0.05) is 30.3 Å². The van der Waals surface area contributed by atoms with Gasteiger partial charge >= 0.3 is 0 Å². The van der Waals surface area contributed by atoms with E-state index in [0.717, 1.165) is 36.8 Å². The SMILES string of the molecule is CC(NCC(=O)Nc1sc2c(c1C(N)=O)CCCC2)c1ccccc1. The van der Waals surface area contributed by atoms with Crippen molar-refractivity contribution >= 4 is 28.2 Å². The van der Waals surface area contributed by atoms with E-state index in [-0.39, 0.29) is 18.5 Å². The maximum Gasteiger partial charge on any atom is 0.251 e. The first kappa shape index (κ1) is 17.6. The molecule has 0 radical (unpaired) electrons. The molecule has 5 nitrogen and oxygen atoms in total. The smallest absolute Gasteiger partial charge is 0.251 e. The van der Waals surface area contributed by atoms with Crippen molar-refractivity contribution in [2.45, 2.75) is 38.6 Å². The molecule has 1 unspecified atom stereocenters. The lowest BCUT2D eigenvalue weighted by atomic mass is 9.95. The summed E-state index contributed by atoms with van der Waals surface area (Å²) in [7, 11) is 0. The van der Waals surface area contributed by atoms with Gasteiger partial charge in [0.2, 0.25) is 5.91 Å². The minimum Gasteiger partial charge on any atom is -0.365 e. The quantitative estimate of drug-likeness (QED) is 0.743. The monoisotopic (exact) mass is 357 g/mol. The number of rotatable bonds is 6. The van der Waals surface area contributed by atoms with Crippen LogP contribution in [0.25, 0.3) is 0 Å². The number of benzene rings is 1. The Balaban J connectivity index is 1.65. The Bertz CT molecular complexity index is 770. The van der Waals surface area contributed by atoms with Gasteiger partial charge in [-0.15, -0.1) is 11.3 Å². The number of hydrogen-bond acceptors (Lipinski definition) is 4. The molecule has 0 saturated carbocycles. The van der Waals surface area contributed by atoms with Crippen LogP contribution in [0.15, 0.2) is 30.3 Å². The number of aryl methyl sites for hydroxylation is 1. The fourth-order valence-electron chi connectivity index (χ4n) is 3.19. The molecule has 6 heteroatoms. The van der Waals surface area contributed by atoms with Crippen molar-refractivity contribution in [1.82, 2.24) is 5.32 Å². The number of carbonyl (C=O) groups is 2. The maximum absolute atomic E-state index is 12.3. The third kappa shape index (κ3) is 4.08. The highest BCUT2D eigenvalue weighted by Crippen LogP contribution is 2.37. The van der Waals surface area contributed by atoms with Crippen LogP contribution in [0.2, 0.25) is 0 Å². The number of thiophene rings is 1. The summed E-state index contributed by atoms with van der Waals surface area (Å²) in [6.45, 7) is 2.19. The lowest BCUT2D eigenvalue weighted by molar-refractivity contribution is -0.115. The largest absolute Gasteiger partial charge is 0.365 e. The second kappa shape index (κ2) is 7.80. The van der Waals surface area contributed by atoms with Crippen molar-refractivity contribution in [3.05, 3.63) is 51.9 Å². The third-order valence-corrected chi connectivity index (χ3v) is 5.75. The molecule has 1 aromatic heterocycles. The summed E-state index contributed by atoms with van der Waals surface area (Å²) in [4.78, 5) is 25.3. The van der Waals surface area contributed by atoms with Gasteiger partial charge in [-0.05, 0) is 43.7 Å². The van der Waals surface area contributed by atoms with E-state index in [0.29, 0.717) is 10.6 Å². The van der Waals surface area contributed by atoms with Gasteiger partial charge in [-0.3, -0.25) is 9.59 Å². The fraction of sp³-hybridized carbons (Fsp3) is 0.368. The molecule has 0 fully saturated rings. The number of nitrogens with one attached hydrogen (secondary N) is 2. The zero-order valence-electron chi connectivity index (χ0n) is 14.3. The summed E-state index contributed by atoms with van der Waals surface area (Å²) >= 11 is 1.49. The van der Waals surface area contributed by atoms with E-state index in [2.05, 4.69) is 10.6 Å². The Kier molecular flexibility index (Phi) is 5.50. The Morgan fingerprint density at radius 1 is 1.20 bits per heavy atom. The van der Waals surface area contributed by atoms with Crippen molar-refractivity contribution in [2.75, 3.05) is 11.9 Å². The van der Waals surface area contributed by atoms with Crippen LogP contribution < -0.4 is 16.4 Å². The van der Waals surface area contributed by atoms with Crippen molar-refractivity contribution < 1.29 is 9.59 Å². The number of anilines is 1. The Morgan fingerprint density at radius 3 is 2.64 bits per heavy atom. The molecule has 4 N–H and O–H groups in total. The number of carbonyl (C=O) groups excluding carboxylic acids is 2. The van der Waals surface area contributed by atoms with Gasteiger partial charge in [0.1, 0.15) is 5.00 Å². The van der Waals surface area contributed by atoms with Crippen LogP contribution in [0, 0.1) is 0 Å². The Labute approximate surface area is 151 Å². The number of hydrogen-bond donors (Lipinski definition) is 3. The van der Waals surface area contributed by atoms with Gasteiger partial charge in [-0.2, -0.15) is 0 Å². The minimum atomic E-state index is -0.458. The highest BCUT2D eigenvalue weighted by Gasteiger charge is 2.24. The molecule has 1 aromatic carbocycles. The second-order valence-electron chi connectivity index (χ2n) is 6.34. The van der Waals surface area contributed by atoms with E-state index >= 15 is 0 Å². The number of nitrogens with two attached hydrogens (primary N) is 1. The predicted octanol–water partition coefficient (Wildman–Crippen LogP) is 3.02. The van der Waals surface area contributed by atoms with Crippen LogP contribution in [0.3, 0.4) is 0 Å². The van der Waals surface area contributed by atoms with Crippen LogP contribution in [0.4, 0.5) is 5.00 Å². The molecule has 3 rings (SSSR count). The zero-order chi connectivity index (χ0) is 17.8. The van der Waals surface area contributed by atoms with Gasteiger partial charge < -0.3 is 16.4 Å². The molecule has 1 aliphatic carbocycles. The Morgan fingerprint density at radius 2 is 1.92 bits per heavy atom. The lowest BCUT2D eigenvalue weighted by Gasteiger charge is -2.14. The molecule has 0 saturated heterocycles. The standard InChI is InChI=1S/C19H23N3O2S/c1-12(13-7-3-2-4-8-13)21-11-16(23)22-19-17(18(20)24)14-9-5-6-10-15(14)25-19/h2-4,7-8,12,21H,5-6,9-11H2,1H3,(H2,20,24)(H,22,23). The highest BCUT2D eigenvalue weighted by atomic mass is 32.1. The molecule has 1 atom stereocenters. The molecular formula is C19H23N3O2S.